The first-order valence-electron chi connectivity index (χ1n) is 7.51. The Kier molecular flexibility index (Phi) is 4.57. The van der Waals surface area contributed by atoms with Crippen LogP contribution in [0, 0.1) is 0 Å². The molecule has 0 saturated carbocycles. The molecule has 0 atom stereocenters. The zero-order valence-corrected chi connectivity index (χ0v) is 14.0. The van der Waals surface area contributed by atoms with Gasteiger partial charge in [0.15, 0.2) is 11.7 Å². The average Bonchev–Trinajstić information content (AvgIpc) is 3.03. The molecule has 0 aliphatic rings. The molecule has 118 valence electrons. The van der Waals surface area contributed by atoms with Crippen LogP contribution in [0.1, 0.15) is 12.5 Å². The predicted octanol–water partition coefficient (Wildman–Crippen LogP) is 3.90. The Bertz CT molecular complexity index is 778. The zero-order valence-electron chi connectivity index (χ0n) is 13.2. The van der Waals surface area contributed by atoms with Gasteiger partial charge < -0.3 is 4.74 Å². The van der Waals surface area contributed by atoms with Gasteiger partial charge in [-0.2, -0.15) is 0 Å². The molecule has 1 amide bonds. The van der Waals surface area contributed by atoms with E-state index in [9.17, 15) is 4.79 Å². The number of aromatic nitrogens is 1. The summed E-state index contributed by atoms with van der Waals surface area (Å²) in [5.74, 6) is 0.580. The summed E-state index contributed by atoms with van der Waals surface area (Å²) < 4.78 is 6.64. The van der Waals surface area contributed by atoms with Crippen molar-refractivity contribution in [3.63, 3.8) is 0 Å². The van der Waals surface area contributed by atoms with Crippen LogP contribution < -0.4 is 9.64 Å². The first kappa shape index (κ1) is 15.5. The number of aryl methyl sites for hydroxylation is 1. The summed E-state index contributed by atoms with van der Waals surface area (Å²) >= 11 is 1.50. The van der Waals surface area contributed by atoms with E-state index >= 15 is 0 Å². The maximum absolute atomic E-state index is 12.3. The van der Waals surface area contributed by atoms with Crippen molar-refractivity contribution in [1.29, 1.82) is 0 Å². The molecule has 0 saturated heterocycles. The Morgan fingerprint density at radius 1 is 1.17 bits per heavy atom. The molecule has 5 heteroatoms. The van der Waals surface area contributed by atoms with Crippen molar-refractivity contribution in [3.05, 3.63) is 54.1 Å². The molecule has 0 spiro atoms. The molecule has 0 aliphatic heterocycles. The largest absolute Gasteiger partial charge is 0.484 e. The fraction of sp³-hybridized carbons (Fsp3) is 0.222. The number of carbonyl (C=O) groups is 1. The number of anilines is 1. The molecule has 3 rings (SSSR count). The standard InChI is InChI=1S/C18H18N2O2S/c1-3-13-8-10-14(11-9-13)22-12-17(21)20(2)18-19-15-6-4-5-7-16(15)23-18/h4-11H,3,12H2,1-2H3. The number of hydrogen-bond donors (Lipinski definition) is 0. The number of para-hydroxylation sites is 1. The van der Waals surface area contributed by atoms with Crippen LogP contribution in [-0.2, 0) is 11.2 Å². The van der Waals surface area contributed by atoms with Crippen LogP contribution in [0.4, 0.5) is 5.13 Å². The maximum Gasteiger partial charge on any atom is 0.266 e. The third-order valence-electron chi connectivity index (χ3n) is 3.64. The monoisotopic (exact) mass is 326 g/mol. The Hall–Kier alpha value is -2.40. The van der Waals surface area contributed by atoms with Gasteiger partial charge in [0, 0.05) is 7.05 Å². The third kappa shape index (κ3) is 3.51. The number of hydrogen-bond acceptors (Lipinski definition) is 4. The van der Waals surface area contributed by atoms with Crippen molar-refractivity contribution in [1.82, 2.24) is 4.98 Å². The maximum atomic E-state index is 12.3. The Labute approximate surface area is 139 Å². The van der Waals surface area contributed by atoms with Crippen LogP contribution in [0.2, 0.25) is 0 Å². The molecule has 0 bridgehead atoms. The van der Waals surface area contributed by atoms with Gasteiger partial charge in [0.1, 0.15) is 5.75 Å². The van der Waals surface area contributed by atoms with Gasteiger partial charge in [-0.3, -0.25) is 9.69 Å². The van der Waals surface area contributed by atoms with Gasteiger partial charge in [-0.15, -0.1) is 0 Å². The van der Waals surface area contributed by atoms with Gasteiger partial charge in [-0.1, -0.05) is 42.5 Å². The van der Waals surface area contributed by atoms with Gasteiger partial charge >= 0.3 is 0 Å². The molecule has 0 unspecified atom stereocenters. The van der Waals surface area contributed by atoms with Crippen molar-refractivity contribution >= 4 is 32.6 Å². The van der Waals surface area contributed by atoms with Crippen LogP contribution in [0.3, 0.4) is 0 Å². The lowest BCUT2D eigenvalue weighted by molar-refractivity contribution is -0.120. The fourth-order valence-corrected chi connectivity index (χ4v) is 3.12. The minimum Gasteiger partial charge on any atom is -0.484 e. The number of rotatable bonds is 5. The normalized spacial score (nSPS) is 10.7. The SMILES string of the molecule is CCc1ccc(OCC(=O)N(C)c2nc3ccccc3s2)cc1. The van der Waals surface area contributed by atoms with Crippen molar-refractivity contribution in [3.8, 4) is 5.75 Å². The second-order valence-electron chi connectivity index (χ2n) is 5.20. The number of nitrogens with zero attached hydrogens (tertiary/aromatic N) is 2. The van der Waals surface area contributed by atoms with E-state index < -0.39 is 0 Å². The molecular weight excluding hydrogens is 308 g/mol. The van der Waals surface area contributed by atoms with E-state index in [1.807, 2.05) is 48.5 Å². The summed E-state index contributed by atoms with van der Waals surface area (Å²) in [5, 5.41) is 0.682. The number of amides is 1. The molecule has 3 aromatic rings. The number of carbonyl (C=O) groups excluding carboxylic acids is 1. The van der Waals surface area contributed by atoms with Crippen LogP contribution in [-0.4, -0.2) is 24.5 Å². The highest BCUT2D eigenvalue weighted by Crippen LogP contribution is 2.27. The molecule has 2 aromatic carbocycles. The second kappa shape index (κ2) is 6.79. The lowest BCUT2D eigenvalue weighted by Crippen LogP contribution is -2.31. The summed E-state index contributed by atoms with van der Waals surface area (Å²) in [6.07, 6.45) is 0.986. The summed E-state index contributed by atoms with van der Waals surface area (Å²) in [5.41, 5.74) is 2.15. The summed E-state index contributed by atoms with van der Waals surface area (Å²) in [6, 6.07) is 15.7. The highest BCUT2D eigenvalue weighted by molar-refractivity contribution is 7.22. The quantitative estimate of drug-likeness (QED) is 0.714. The van der Waals surface area contributed by atoms with Gasteiger partial charge in [0.2, 0.25) is 0 Å². The lowest BCUT2D eigenvalue weighted by atomic mass is 10.2. The Balaban J connectivity index is 1.64. The van der Waals surface area contributed by atoms with Gasteiger partial charge in [-0.05, 0) is 36.2 Å². The molecule has 1 aromatic heterocycles. The first-order valence-corrected chi connectivity index (χ1v) is 8.33. The van der Waals surface area contributed by atoms with Gasteiger partial charge in [0.25, 0.3) is 5.91 Å². The van der Waals surface area contributed by atoms with E-state index in [0.717, 1.165) is 16.6 Å². The van der Waals surface area contributed by atoms with Crippen LogP contribution >= 0.6 is 11.3 Å². The minimum absolute atomic E-state index is 0.00209. The predicted molar refractivity (Wildman–Crippen MR) is 94.3 cm³/mol. The van der Waals surface area contributed by atoms with Crippen LogP contribution in [0.5, 0.6) is 5.75 Å². The van der Waals surface area contributed by atoms with Crippen LogP contribution in [0.15, 0.2) is 48.5 Å². The van der Waals surface area contributed by atoms with Gasteiger partial charge in [0.05, 0.1) is 10.2 Å². The summed E-state index contributed by atoms with van der Waals surface area (Å²) in [4.78, 5) is 18.3. The summed E-state index contributed by atoms with van der Waals surface area (Å²) in [7, 11) is 1.73. The molecule has 1 heterocycles. The average molecular weight is 326 g/mol. The van der Waals surface area contributed by atoms with E-state index in [4.69, 9.17) is 4.74 Å². The molecular formula is C18H18N2O2S. The number of fused-ring (bicyclic) bond motifs is 1. The first-order chi connectivity index (χ1) is 11.2. The fourth-order valence-electron chi connectivity index (χ4n) is 2.17. The number of likely N-dealkylation sites (N-methyl/N-ethyl adjacent to an activating group) is 1. The van der Waals surface area contributed by atoms with E-state index in [-0.39, 0.29) is 12.5 Å². The zero-order chi connectivity index (χ0) is 16.2. The van der Waals surface area contributed by atoms with E-state index in [2.05, 4.69) is 11.9 Å². The molecule has 0 fully saturated rings. The van der Waals surface area contributed by atoms with Crippen molar-refractivity contribution in [2.24, 2.45) is 0 Å². The van der Waals surface area contributed by atoms with E-state index in [0.29, 0.717) is 10.9 Å². The number of benzene rings is 2. The molecule has 0 N–H and O–H groups in total. The molecule has 4 nitrogen and oxygen atoms in total. The molecule has 23 heavy (non-hydrogen) atoms. The highest BCUT2D eigenvalue weighted by Gasteiger charge is 2.15. The minimum atomic E-state index is -0.122. The Morgan fingerprint density at radius 2 is 1.91 bits per heavy atom. The number of ether oxygens (including phenoxy) is 1. The highest BCUT2D eigenvalue weighted by atomic mass is 32.1. The topological polar surface area (TPSA) is 42.4 Å². The Morgan fingerprint density at radius 3 is 2.61 bits per heavy atom. The molecule has 0 aliphatic carbocycles. The third-order valence-corrected chi connectivity index (χ3v) is 4.75. The summed E-state index contributed by atoms with van der Waals surface area (Å²) in [6.45, 7) is 2.10. The van der Waals surface area contributed by atoms with E-state index in [1.54, 1.807) is 11.9 Å². The van der Waals surface area contributed by atoms with Gasteiger partial charge in [-0.25, -0.2) is 4.98 Å². The second-order valence-corrected chi connectivity index (χ2v) is 6.21. The smallest absolute Gasteiger partial charge is 0.266 e. The van der Waals surface area contributed by atoms with Crippen molar-refractivity contribution < 1.29 is 9.53 Å². The van der Waals surface area contributed by atoms with Crippen molar-refractivity contribution in [2.75, 3.05) is 18.6 Å². The van der Waals surface area contributed by atoms with Crippen molar-refractivity contribution in [2.45, 2.75) is 13.3 Å². The lowest BCUT2D eigenvalue weighted by Gasteiger charge is -2.14. The number of thiazole rings is 1. The van der Waals surface area contributed by atoms with E-state index in [1.165, 1.54) is 16.9 Å². The molecule has 0 radical (unpaired) electrons. The van der Waals surface area contributed by atoms with Crippen LogP contribution in [0.25, 0.3) is 10.2 Å².